The van der Waals surface area contributed by atoms with Gasteiger partial charge in [0.1, 0.15) is 18.2 Å². The van der Waals surface area contributed by atoms with E-state index in [0.717, 1.165) is 13.6 Å². The summed E-state index contributed by atoms with van der Waals surface area (Å²) in [5.41, 5.74) is 2.19. The van der Waals surface area contributed by atoms with E-state index in [1.807, 2.05) is 43.3 Å². The number of hydrogen-bond donors (Lipinski definition) is 1. The molecule has 0 bridgehead atoms. The second kappa shape index (κ2) is 12.1. The van der Waals surface area contributed by atoms with Gasteiger partial charge < -0.3 is 14.8 Å². The number of carbonyl (C=O) groups excluding carboxylic acids is 1. The summed E-state index contributed by atoms with van der Waals surface area (Å²) in [6.07, 6.45) is 1.52. The van der Waals surface area contributed by atoms with E-state index in [-0.39, 0.29) is 5.57 Å². The van der Waals surface area contributed by atoms with Crippen LogP contribution in [0.2, 0.25) is 5.02 Å². The van der Waals surface area contributed by atoms with Gasteiger partial charge in [-0.25, -0.2) is 0 Å². The van der Waals surface area contributed by atoms with E-state index in [1.54, 1.807) is 30.3 Å². The lowest BCUT2D eigenvalue weighted by Gasteiger charge is -2.15. The van der Waals surface area contributed by atoms with Crippen molar-refractivity contribution in [3.63, 3.8) is 0 Å². The first kappa shape index (κ1) is 25.1. The number of anilines is 1. The van der Waals surface area contributed by atoms with Crippen LogP contribution in [0.1, 0.15) is 18.1 Å². The number of amides is 1. The highest BCUT2D eigenvalue weighted by molar-refractivity contribution is 14.1. The third-order valence-corrected chi connectivity index (χ3v) is 5.99. The summed E-state index contributed by atoms with van der Waals surface area (Å²) in [6.45, 7) is 2.71. The van der Waals surface area contributed by atoms with E-state index in [9.17, 15) is 10.1 Å². The lowest BCUT2D eigenvalue weighted by molar-refractivity contribution is -0.112. The van der Waals surface area contributed by atoms with Gasteiger partial charge in [-0.2, -0.15) is 5.26 Å². The zero-order valence-corrected chi connectivity index (χ0v) is 22.1. The number of halogens is 3. The Balaban J connectivity index is 1.83. The van der Waals surface area contributed by atoms with E-state index < -0.39 is 5.91 Å². The highest BCUT2D eigenvalue weighted by Gasteiger charge is 2.15. The third-order valence-electron chi connectivity index (χ3n) is 4.41. The molecule has 0 heterocycles. The van der Waals surface area contributed by atoms with E-state index >= 15 is 0 Å². The average molecular weight is 638 g/mol. The zero-order chi connectivity index (χ0) is 23.8. The van der Waals surface area contributed by atoms with Crippen LogP contribution in [0.25, 0.3) is 6.08 Å². The molecule has 0 spiro atoms. The van der Waals surface area contributed by atoms with Gasteiger partial charge in [0.15, 0.2) is 11.5 Å². The topological polar surface area (TPSA) is 71.3 Å². The molecule has 1 amide bonds. The molecule has 3 aromatic rings. The Hall–Kier alpha value is -2.54. The van der Waals surface area contributed by atoms with Crippen LogP contribution in [0.5, 0.6) is 11.5 Å². The largest absolute Gasteiger partial charge is 0.490 e. The second-order valence-electron chi connectivity index (χ2n) is 6.81. The summed E-state index contributed by atoms with van der Waals surface area (Å²) in [7, 11) is 0. The second-order valence-corrected chi connectivity index (χ2v) is 9.32. The Morgan fingerprint density at radius 3 is 2.48 bits per heavy atom. The van der Waals surface area contributed by atoms with Crippen molar-refractivity contribution in [3.05, 3.63) is 90.4 Å². The standard InChI is InChI=1S/C25H19BrClIN2O3/c1-2-32-23-13-17(11-18(14-29)25(31)30-21-9-7-20(27)8-10-21)12-22(28)24(23)33-15-16-3-5-19(26)6-4-16/h3-13H,2,15H2,1H3,(H,30,31)/b18-11-. The predicted molar refractivity (Wildman–Crippen MR) is 142 cm³/mol. The predicted octanol–water partition coefficient (Wildman–Crippen LogP) is 7.23. The number of hydrogen-bond acceptors (Lipinski definition) is 4. The van der Waals surface area contributed by atoms with E-state index in [1.165, 1.54) is 6.08 Å². The summed E-state index contributed by atoms with van der Waals surface area (Å²) in [4.78, 5) is 12.6. The smallest absolute Gasteiger partial charge is 0.266 e. The van der Waals surface area contributed by atoms with E-state index in [2.05, 4.69) is 43.8 Å². The normalized spacial score (nSPS) is 10.9. The van der Waals surface area contributed by atoms with Gasteiger partial charge in [0.05, 0.1) is 10.2 Å². The van der Waals surface area contributed by atoms with Crippen molar-refractivity contribution in [2.75, 3.05) is 11.9 Å². The van der Waals surface area contributed by atoms with E-state index in [0.29, 0.717) is 41.0 Å². The molecule has 0 aliphatic carbocycles. The summed E-state index contributed by atoms with van der Waals surface area (Å²) < 4.78 is 13.6. The molecule has 8 heteroatoms. The minimum Gasteiger partial charge on any atom is -0.490 e. The van der Waals surface area contributed by atoms with Crippen LogP contribution in [0, 0.1) is 14.9 Å². The van der Waals surface area contributed by atoms with Crippen LogP contribution < -0.4 is 14.8 Å². The molecule has 0 saturated carbocycles. The van der Waals surface area contributed by atoms with Crippen molar-refractivity contribution in [2.24, 2.45) is 0 Å². The van der Waals surface area contributed by atoms with Crippen LogP contribution in [0.3, 0.4) is 0 Å². The minimum absolute atomic E-state index is 0.0354. The summed E-state index contributed by atoms with van der Waals surface area (Å²) in [6, 6.07) is 20.1. The maximum Gasteiger partial charge on any atom is 0.266 e. The van der Waals surface area contributed by atoms with Crippen LogP contribution in [0.4, 0.5) is 5.69 Å². The maximum atomic E-state index is 12.6. The van der Waals surface area contributed by atoms with Crippen molar-refractivity contribution in [1.29, 1.82) is 5.26 Å². The van der Waals surface area contributed by atoms with Crippen LogP contribution in [0.15, 0.2) is 70.7 Å². The fourth-order valence-corrected chi connectivity index (χ4v) is 4.03. The Kier molecular flexibility index (Phi) is 9.18. The number of ether oxygens (including phenoxy) is 2. The first-order valence-electron chi connectivity index (χ1n) is 9.92. The van der Waals surface area contributed by atoms with Crippen molar-refractivity contribution in [3.8, 4) is 17.6 Å². The summed E-state index contributed by atoms with van der Waals surface area (Å²) in [5, 5.41) is 12.8. The number of nitrogens with one attached hydrogen (secondary N) is 1. The van der Waals surface area contributed by atoms with Crippen LogP contribution >= 0.6 is 50.1 Å². The van der Waals surface area contributed by atoms with Gasteiger partial charge in [-0.1, -0.05) is 39.7 Å². The third kappa shape index (κ3) is 7.22. The summed E-state index contributed by atoms with van der Waals surface area (Å²) in [5.74, 6) is 0.646. The number of carbonyl (C=O) groups is 1. The first-order chi connectivity index (χ1) is 15.9. The lowest BCUT2D eigenvalue weighted by Crippen LogP contribution is -2.13. The Morgan fingerprint density at radius 1 is 1.15 bits per heavy atom. The minimum atomic E-state index is -0.511. The molecular weight excluding hydrogens is 619 g/mol. The molecule has 168 valence electrons. The quantitative estimate of drug-likeness (QED) is 0.161. The van der Waals surface area contributed by atoms with Gasteiger partial charge in [-0.3, -0.25) is 4.79 Å². The van der Waals surface area contributed by atoms with Crippen molar-refractivity contribution >= 4 is 67.8 Å². The van der Waals surface area contributed by atoms with Crippen LogP contribution in [-0.2, 0) is 11.4 Å². The van der Waals surface area contributed by atoms with Crippen molar-refractivity contribution < 1.29 is 14.3 Å². The fraction of sp³-hybridized carbons (Fsp3) is 0.120. The molecule has 0 radical (unpaired) electrons. The highest BCUT2D eigenvalue weighted by Crippen LogP contribution is 2.35. The van der Waals surface area contributed by atoms with Gasteiger partial charge >= 0.3 is 0 Å². The average Bonchev–Trinajstić information content (AvgIpc) is 2.79. The van der Waals surface area contributed by atoms with Gasteiger partial charge in [-0.15, -0.1) is 0 Å². The molecule has 0 fully saturated rings. The van der Waals surface area contributed by atoms with Gasteiger partial charge in [-0.05, 0) is 95.2 Å². The maximum absolute atomic E-state index is 12.6. The molecule has 3 aromatic carbocycles. The number of nitrogens with zero attached hydrogens (tertiary/aromatic N) is 1. The molecule has 0 saturated heterocycles. The molecule has 33 heavy (non-hydrogen) atoms. The molecule has 1 N–H and O–H groups in total. The fourth-order valence-electron chi connectivity index (χ4n) is 2.86. The number of benzene rings is 3. The zero-order valence-electron chi connectivity index (χ0n) is 17.6. The number of nitriles is 1. The summed E-state index contributed by atoms with van der Waals surface area (Å²) >= 11 is 11.5. The van der Waals surface area contributed by atoms with Crippen molar-refractivity contribution in [2.45, 2.75) is 13.5 Å². The van der Waals surface area contributed by atoms with E-state index in [4.69, 9.17) is 21.1 Å². The van der Waals surface area contributed by atoms with Crippen LogP contribution in [-0.4, -0.2) is 12.5 Å². The molecular formula is C25H19BrClIN2O3. The molecule has 0 aromatic heterocycles. The molecule has 3 rings (SSSR count). The Morgan fingerprint density at radius 2 is 1.85 bits per heavy atom. The Bertz CT molecular complexity index is 1210. The first-order valence-corrected chi connectivity index (χ1v) is 12.2. The molecule has 0 atom stereocenters. The SMILES string of the molecule is CCOc1cc(/C=C(/C#N)C(=O)Nc2ccc(Cl)cc2)cc(I)c1OCc1ccc(Br)cc1. The molecule has 0 unspecified atom stereocenters. The number of rotatable bonds is 8. The monoisotopic (exact) mass is 636 g/mol. The van der Waals surface area contributed by atoms with Crippen molar-refractivity contribution in [1.82, 2.24) is 0 Å². The molecule has 5 nitrogen and oxygen atoms in total. The highest BCUT2D eigenvalue weighted by atomic mass is 127. The molecule has 0 aliphatic heterocycles. The van der Waals surface area contributed by atoms with Gasteiger partial charge in [0, 0.05) is 15.2 Å². The van der Waals surface area contributed by atoms with Gasteiger partial charge in [0.2, 0.25) is 0 Å². The Labute approximate surface area is 219 Å². The lowest BCUT2D eigenvalue weighted by atomic mass is 10.1. The molecule has 0 aliphatic rings. The van der Waals surface area contributed by atoms with Gasteiger partial charge in [0.25, 0.3) is 5.91 Å².